The summed E-state index contributed by atoms with van der Waals surface area (Å²) in [5.74, 6) is -1.29. The van der Waals surface area contributed by atoms with E-state index in [0.29, 0.717) is 11.3 Å². The molecule has 5 nitrogen and oxygen atoms in total. The van der Waals surface area contributed by atoms with Crippen LogP contribution in [0.25, 0.3) is 5.57 Å². The summed E-state index contributed by atoms with van der Waals surface area (Å²) in [5.41, 5.74) is 4.18. The minimum atomic E-state index is -0.440. The molecule has 4 rings (SSSR count). The molecule has 0 atom stereocenters. The number of benzene rings is 2. The van der Waals surface area contributed by atoms with Crippen LogP contribution in [0.3, 0.4) is 0 Å². The molecule has 6 heteroatoms. The maximum atomic E-state index is 13.5. The van der Waals surface area contributed by atoms with E-state index in [1.165, 1.54) is 24.3 Å². The SMILES string of the molecule is Cc1ccc(C)c(NC2=C(c3ccc(F)cc3)C(=O)N(Cc3ccccn3)C2=O)c1. The molecule has 0 fully saturated rings. The molecule has 1 aliphatic rings. The number of aromatic nitrogens is 1. The van der Waals surface area contributed by atoms with E-state index in [2.05, 4.69) is 10.3 Å². The third kappa shape index (κ3) is 3.72. The highest BCUT2D eigenvalue weighted by molar-refractivity contribution is 6.36. The second kappa shape index (κ2) is 7.91. The van der Waals surface area contributed by atoms with E-state index in [1.54, 1.807) is 24.4 Å². The van der Waals surface area contributed by atoms with Crippen LogP contribution in [0, 0.1) is 19.7 Å². The molecule has 2 amide bonds. The minimum absolute atomic E-state index is 0.0567. The Morgan fingerprint density at radius 1 is 0.967 bits per heavy atom. The van der Waals surface area contributed by atoms with Gasteiger partial charge in [0.1, 0.15) is 11.5 Å². The monoisotopic (exact) mass is 401 g/mol. The molecule has 0 aliphatic carbocycles. The van der Waals surface area contributed by atoms with Crippen molar-refractivity contribution < 1.29 is 14.0 Å². The smallest absolute Gasteiger partial charge is 0.278 e. The second-order valence-electron chi connectivity index (χ2n) is 7.22. The molecular formula is C24H20FN3O2. The third-order valence-electron chi connectivity index (χ3n) is 5.00. The van der Waals surface area contributed by atoms with Gasteiger partial charge < -0.3 is 5.32 Å². The van der Waals surface area contributed by atoms with Crippen molar-refractivity contribution in [3.8, 4) is 0 Å². The van der Waals surface area contributed by atoms with Crippen LogP contribution < -0.4 is 5.32 Å². The lowest BCUT2D eigenvalue weighted by molar-refractivity contribution is -0.137. The van der Waals surface area contributed by atoms with Crippen LogP contribution in [-0.4, -0.2) is 21.7 Å². The Balaban J connectivity index is 1.77. The van der Waals surface area contributed by atoms with Crippen LogP contribution in [0.2, 0.25) is 0 Å². The molecule has 2 heterocycles. The maximum Gasteiger partial charge on any atom is 0.278 e. The summed E-state index contributed by atoms with van der Waals surface area (Å²) in [4.78, 5) is 31.9. The van der Waals surface area contributed by atoms with Crippen molar-refractivity contribution in [2.75, 3.05) is 5.32 Å². The van der Waals surface area contributed by atoms with Crippen LogP contribution in [0.4, 0.5) is 10.1 Å². The zero-order chi connectivity index (χ0) is 21.3. The topological polar surface area (TPSA) is 62.3 Å². The van der Waals surface area contributed by atoms with Crippen molar-refractivity contribution in [3.63, 3.8) is 0 Å². The second-order valence-corrected chi connectivity index (χ2v) is 7.22. The Morgan fingerprint density at radius 3 is 2.43 bits per heavy atom. The van der Waals surface area contributed by atoms with Gasteiger partial charge in [-0.2, -0.15) is 0 Å². The first-order valence-corrected chi connectivity index (χ1v) is 9.54. The highest BCUT2D eigenvalue weighted by Gasteiger charge is 2.39. The molecule has 1 N–H and O–H groups in total. The van der Waals surface area contributed by atoms with E-state index in [0.717, 1.165) is 21.7 Å². The first-order valence-electron chi connectivity index (χ1n) is 9.54. The molecule has 0 saturated heterocycles. The van der Waals surface area contributed by atoms with Crippen molar-refractivity contribution in [1.29, 1.82) is 0 Å². The highest BCUT2D eigenvalue weighted by Crippen LogP contribution is 2.32. The van der Waals surface area contributed by atoms with Gasteiger partial charge in [-0.3, -0.25) is 19.5 Å². The van der Waals surface area contributed by atoms with E-state index in [9.17, 15) is 14.0 Å². The van der Waals surface area contributed by atoms with Gasteiger partial charge in [0.15, 0.2) is 0 Å². The molecule has 0 radical (unpaired) electrons. The first-order chi connectivity index (χ1) is 14.4. The number of rotatable bonds is 5. The fourth-order valence-corrected chi connectivity index (χ4v) is 3.38. The lowest BCUT2D eigenvalue weighted by atomic mass is 10.0. The normalized spacial score (nSPS) is 13.9. The lowest BCUT2D eigenvalue weighted by Gasteiger charge is -2.15. The number of nitrogens with zero attached hydrogens (tertiary/aromatic N) is 2. The number of halogens is 1. The number of imide groups is 1. The van der Waals surface area contributed by atoms with Gasteiger partial charge in [-0.1, -0.05) is 30.3 Å². The van der Waals surface area contributed by atoms with Gasteiger partial charge in [0.25, 0.3) is 11.8 Å². The largest absolute Gasteiger partial charge is 0.350 e. The zero-order valence-electron chi connectivity index (χ0n) is 16.6. The van der Waals surface area contributed by atoms with E-state index in [1.807, 2.05) is 32.0 Å². The molecule has 1 aliphatic heterocycles. The number of hydrogen-bond acceptors (Lipinski definition) is 4. The van der Waals surface area contributed by atoms with E-state index < -0.39 is 17.6 Å². The van der Waals surface area contributed by atoms with Crippen molar-refractivity contribution in [3.05, 3.63) is 101 Å². The Morgan fingerprint density at radius 2 is 1.73 bits per heavy atom. The summed E-state index contributed by atoms with van der Waals surface area (Å²) in [7, 11) is 0. The van der Waals surface area contributed by atoms with Crippen LogP contribution in [0.1, 0.15) is 22.4 Å². The molecule has 0 saturated carbocycles. The Bertz CT molecular complexity index is 1150. The molecule has 150 valence electrons. The summed E-state index contributed by atoms with van der Waals surface area (Å²) >= 11 is 0. The highest BCUT2D eigenvalue weighted by atomic mass is 19.1. The summed E-state index contributed by atoms with van der Waals surface area (Å²) in [6, 6.07) is 16.7. The van der Waals surface area contributed by atoms with Gasteiger partial charge in [-0.15, -0.1) is 0 Å². The standard InChI is InChI=1S/C24H20FN3O2/c1-15-6-7-16(2)20(13-15)27-22-21(17-8-10-18(25)11-9-17)23(29)28(24(22)30)14-19-5-3-4-12-26-19/h3-13,27H,14H2,1-2H3. The molecule has 2 aromatic carbocycles. The lowest BCUT2D eigenvalue weighted by Crippen LogP contribution is -2.32. The number of carbonyl (C=O) groups excluding carboxylic acids is 2. The van der Waals surface area contributed by atoms with Gasteiger partial charge in [0, 0.05) is 11.9 Å². The van der Waals surface area contributed by atoms with Crippen LogP contribution in [-0.2, 0) is 16.1 Å². The Hall–Kier alpha value is -3.80. The van der Waals surface area contributed by atoms with Gasteiger partial charge in [-0.25, -0.2) is 4.39 Å². The van der Waals surface area contributed by atoms with Gasteiger partial charge >= 0.3 is 0 Å². The Labute approximate surface area is 173 Å². The fraction of sp³-hybridized carbons (Fsp3) is 0.125. The van der Waals surface area contributed by atoms with Crippen molar-refractivity contribution >= 4 is 23.1 Å². The average molecular weight is 401 g/mol. The quantitative estimate of drug-likeness (QED) is 0.650. The first kappa shape index (κ1) is 19.5. The third-order valence-corrected chi connectivity index (χ3v) is 5.00. The summed E-state index contributed by atoms with van der Waals surface area (Å²) in [5, 5.41) is 3.16. The van der Waals surface area contributed by atoms with E-state index in [4.69, 9.17) is 0 Å². The van der Waals surface area contributed by atoms with E-state index in [-0.39, 0.29) is 17.8 Å². The average Bonchev–Trinajstić information content (AvgIpc) is 2.96. The number of anilines is 1. The van der Waals surface area contributed by atoms with Crippen LogP contribution in [0.5, 0.6) is 0 Å². The summed E-state index contributed by atoms with van der Waals surface area (Å²) < 4.78 is 13.5. The summed E-state index contributed by atoms with van der Waals surface area (Å²) in [6.45, 7) is 3.93. The van der Waals surface area contributed by atoms with Crippen molar-refractivity contribution in [2.45, 2.75) is 20.4 Å². The maximum absolute atomic E-state index is 13.5. The van der Waals surface area contributed by atoms with E-state index >= 15 is 0 Å². The molecule has 0 unspecified atom stereocenters. The number of aryl methyl sites for hydroxylation is 2. The van der Waals surface area contributed by atoms with Crippen LogP contribution in [0.15, 0.2) is 72.6 Å². The number of pyridine rings is 1. The fourth-order valence-electron chi connectivity index (χ4n) is 3.38. The van der Waals surface area contributed by atoms with Crippen LogP contribution >= 0.6 is 0 Å². The minimum Gasteiger partial charge on any atom is -0.350 e. The van der Waals surface area contributed by atoms with Crippen molar-refractivity contribution in [2.24, 2.45) is 0 Å². The summed E-state index contributed by atoms with van der Waals surface area (Å²) in [6.07, 6.45) is 1.62. The molecular weight excluding hydrogens is 381 g/mol. The predicted molar refractivity (Wildman–Crippen MR) is 113 cm³/mol. The molecule has 0 spiro atoms. The number of hydrogen-bond donors (Lipinski definition) is 1. The van der Waals surface area contributed by atoms with Gasteiger partial charge in [0.2, 0.25) is 0 Å². The van der Waals surface area contributed by atoms with Gasteiger partial charge in [0.05, 0.1) is 17.8 Å². The molecule has 30 heavy (non-hydrogen) atoms. The number of nitrogens with one attached hydrogen (secondary N) is 1. The predicted octanol–water partition coefficient (Wildman–Crippen LogP) is 4.23. The molecule has 1 aromatic heterocycles. The number of carbonyl (C=O) groups is 2. The Kier molecular flexibility index (Phi) is 5.14. The van der Waals surface area contributed by atoms with Crippen molar-refractivity contribution in [1.82, 2.24) is 9.88 Å². The zero-order valence-corrected chi connectivity index (χ0v) is 16.6. The molecule has 3 aromatic rings. The molecule has 0 bridgehead atoms. The number of amides is 2. The van der Waals surface area contributed by atoms with Gasteiger partial charge in [-0.05, 0) is 60.9 Å².